The van der Waals surface area contributed by atoms with E-state index in [0.29, 0.717) is 6.04 Å². The first-order valence-electron chi connectivity index (χ1n) is 6.73. The summed E-state index contributed by atoms with van der Waals surface area (Å²) in [5, 5.41) is 9.52. The van der Waals surface area contributed by atoms with Crippen LogP contribution in [0.5, 0.6) is 0 Å². The Bertz CT molecular complexity index is 285. The van der Waals surface area contributed by atoms with Crippen molar-refractivity contribution in [2.75, 3.05) is 13.1 Å². The number of carbonyl (C=O) groups is 1. The van der Waals surface area contributed by atoms with Crippen LogP contribution in [0, 0.1) is 11.8 Å². The fraction of sp³-hybridized carbons (Fsp3) is 0.923. The molecule has 1 saturated carbocycles. The molecule has 3 atom stereocenters. The summed E-state index contributed by atoms with van der Waals surface area (Å²) >= 11 is 0. The Morgan fingerprint density at radius 3 is 2.59 bits per heavy atom. The van der Waals surface area contributed by atoms with Crippen molar-refractivity contribution in [1.29, 1.82) is 0 Å². The maximum atomic E-state index is 11.8. The Morgan fingerprint density at radius 1 is 1.18 bits per heavy atom. The van der Waals surface area contributed by atoms with Crippen molar-refractivity contribution in [3.8, 4) is 0 Å². The normalized spacial score (nSPS) is 33.0. The van der Waals surface area contributed by atoms with E-state index in [0.717, 1.165) is 31.2 Å². The average molecular weight is 239 g/mol. The van der Waals surface area contributed by atoms with Gasteiger partial charge in [0.2, 0.25) is 0 Å². The molecular weight excluding hydrogens is 214 g/mol. The van der Waals surface area contributed by atoms with E-state index in [4.69, 9.17) is 0 Å². The van der Waals surface area contributed by atoms with Crippen LogP contribution in [0.25, 0.3) is 0 Å². The summed E-state index contributed by atoms with van der Waals surface area (Å²) in [6.07, 6.45) is 3.51. The Kier molecular flexibility index (Phi) is 3.61. The van der Waals surface area contributed by atoms with Crippen molar-refractivity contribution >= 4 is 6.03 Å². The molecule has 1 saturated heterocycles. The van der Waals surface area contributed by atoms with E-state index < -0.39 is 0 Å². The fourth-order valence-corrected chi connectivity index (χ4v) is 2.99. The third-order valence-electron chi connectivity index (χ3n) is 3.78. The molecule has 1 aliphatic carbocycles. The van der Waals surface area contributed by atoms with Crippen LogP contribution in [-0.2, 0) is 0 Å². The van der Waals surface area contributed by atoms with E-state index in [-0.39, 0.29) is 11.6 Å². The number of carbonyl (C=O) groups excluding carboxylic acids is 1. The van der Waals surface area contributed by atoms with Crippen LogP contribution < -0.4 is 16.0 Å². The van der Waals surface area contributed by atoms with Crippen LogP contribution in [0.4, 0.5) is 4.79 Å². The molecule has 2 fully saturated rings. The number of hydrogen-bond acceptors (Lipinski definition) is 2. The monoisotopic (exact) mass is 239 g/mol. The molecule has 2 amide bonds. The predicted octanol–water partition coefficient (Wildman–Crippen LogP) is 1.47. The van der Waals surface area contributed by atoms with Crippen LogP contribution >= 0.6 is 0 Å². The van der Waals surface area contributed by atoms with Gasteiger partial charge in [0.1, 0.15) is 0 Å². The maximum Gasteiger partial charge on any atom is 0.315 e. The molecule has 1 heterocycles. The van der Waals surface area contributed by atoms with Gasteiger partial charge in [-0.1, -0.05) is 0 Å². The zero-order valence-electron chi connectivity index (χ0n) is 11.2. The highest BCUT2D eigenvalue weighted by Gasteiger charge is 2.34. The van der Waals surface area contributed by atoms with Crippen LogP contribution in [0.3, 0.4) is 0 Å². The molecule has 0 radical (unpaired) electrons. The Hall–Kier alpha value is -0.770. The highest BCUT2D eigenvalue weighted by Crippen LogP contribution is 2.32. The molecule has 0 spiro atoms. The predicted molar refractivity (Wildman–Crippen MR) is 68.9 cm³/mol. The van der Waals surface area contributed by atoms with Gasteiger partial charge in [0.15, 0.2) is 0 Å². The second-order valence-corrected chi connectivity index (χ2v) is 6.54. The Morgan fingerprint density at radius 2 is 1.88 bits per heavy atom. The Labute approximate surface area is 104 Å². The molecule has 2 aliphatic rings. The molecule has 0 bridgehead atoms. The van der Waals surface area contributed by atoms with E-state index in [9.17, 15) is 4.79 Å². The van der Waals surface area contributed by atoms with Gasteiger partial charge in [-0.15, -0.1) is 0 Å². The molecule has 17 heavy (non-hydrogen) atoms. The van der Waals surface area contributed by atoms with Crippen molar-refractivity contribution in [3.63, 3.8) is 0 Å². The number of hydrogen-bond donors (Lipinski definition) is 3. The first-order chi connectivity index (χ1) is 7.94. The van der Waals surface area contributed by atoms with Gasteiger partial charge in [-0.25, -0.2) is 4.79 Å². The van der Waals surface area contributed by atoms with Gasteiger partial charge in [0.25, 0.3) is 0 Å². The average Bonchev–Trinajstić information content (AvgIpc) is 2.61. The van der Waals surface area contributed by atoms with E-state index in [1.807, 2.05) is 20.8 Å². The van der Waals surface area contributed by atoms with Crippen LogP contribution in [0.2, 0.25) is 0 Å². The Balaban J connectivity index is 1.78. The first-order valence-corrected chi connectivity index (χ1v) is 6.73. The molecule has 0 aromatic heterocycles. The standard InChI is InChI=1S/C13H25N3O/c1-13(2,3)16-12(17)15-11-5-4-9-7-14-8-10(9)6-11/h9-11,14H,4-8H2,1-3H3,(H2,15,16,17)/t9-,10+,11?/m0/s1. The summed E-state index contributed by atoms with van der Waals surface area (Å²) in [6.45, 7) is 8.31. The van der Waals surface area contributed by atoms with Gasteiger partial charge in [-0.3, -0.25) is 0 Å². The molecule has 3 N–H and O–H groups in total. The lowest BCUT2D eigenvalue weighted by Gasteiger charge is -2.32. The van der Waals surface area contributed by atoms with Gasteiger partial charge in [0, 0.05) is 11.6 Å². The quantitative estimate of drug-likeness (QED) is 0.649. The highest BCUT2D eigenvalue weighted by atomic mass is 16.2. The number of rotatable bonds is 1. The zero-order valence-corrected chi connectivity index (χ0v) is 11.2. The third kappa shape index (κ3) is 3.60. The summed E-state index contributed by atoms with van der Waals surface area (Å²) in [4.78, 5) is 11.8. The molecular formula is C13H25N3O. The number of amides is 2. The van der Waals surface area contributed by atoms with Crippen LogP contribution in [0.1, 0.15) is 40.0 Å². The minimum atomic E-state index is -0.157. The SMILES string of the molecule is CC(C)(C)NC(=O)NC1CC[C@H]2CNC[C@H]2C1. The number of fused-ring (bicyclic) bond motifs is 1. The lowest BCUT2D eigenvalue weighted by molar-refractivity contribution is 0.209. The fourth-order valence-electron chi connectivity index (χ4n) is 2.99. The van der Waals surface area contributed by atoms with Gasteiger partial charge in [-0.2, -0.15) is 0 Å². The van der Waals surface area contributed by atoms with Crippen molar-refractivity contribution < 1.29 is 4.79 Å². The van der Waals surface area contributed by atoms with Crippen molar-refractivity contribution in [3.05, 3.63) is 0 Å². The second kappa shape index (κ2) is 4.84. The van der Waals surface area contributed by atoms with Crippen LogP contribution in [0.15, 0.2) is 0 Å². The highest BCUT2D eigenvalue weighted by molar-refractivity contribution is 5.74. The molecule has 1 aliphatic heterocycles. The summed E-state index contributed by atoms with van der Waals surface area (Å²) in [7, 11) is 0. The van der Waals surface area contributed by atoms with Crippen molar-refractivity contribution in [2.45, 2.75) is 51.6 Å². The van der Waals surface area contributed by atoms with Gasteiger partial charge < -0.3 is 16.0 Å². The third-order valence-corrected chi connectivity index (χ3v) is 3.78. The molecule has 0 aromatic carbocycles. The van der Waals surface area contributed by atoms with E-state index >= 15 is 0 Å². The van der Waals surface area contributed by atoms with Gasteiger partial charge in [-0.05, 0) is 65.0 Å². The summed E-state index contributed by atoms with van der Waals surface area (Å²) in [5.74, 6) is 1.61. The summed E-state index contributed by atoms with van der Waals surface area (Å²) in [6, 6.07) is 0.338. The molecule has 1 unspecified atom stereocenters. The molecule has 4 nitrogen and oxygen atoms in total. The van der Waals surface area contributed by atoms with E-state index in [1.165, 1.54) is 13.0 Å². The maximum absolute atomic E-state index is 11.8. The molecule has 0 aromatic rings. The topological polar surface area (TPSA) is 53.2 Å². The van der Waals surface area contributed by atoms with Crippen molar-refractivity contribution in [2.24, 2.45) is 11.8 Å². The lowest BCUT2D eigenvalue weighted by atomic mass is 9.79. The molecule has 2 rings (SSSR count). The van der Waals surface area contributed by atoms with E-state index in [1.54, 1.807) is 0 Å². The minimum Gasteiger partial charge on any atom is -0.335 e. The van der Waals surface area contributed by atoms with Crippen LogP contribution in [-0.4, -0.2) is 30.7 Å². The number of urea groups is 1. The molecule has 4 heteroatoms. The van der Waals surface area contributed by atoms with Crippen molar-refractivity contribution in [1.82, 2.24) is 16.0 Å². The second-order valence-electron chi connectivity index (χ2n) is 6.54. The zero-order chi connectivity index (χ0) is 12.5. The number of nitrogens with one attached hydrogen (secondary N) is 3. The summed E-state index contributed by atoms with van der Waals surface area (Å²) in [5.41, 5.74) is -0.157. The van der Waals surface area contributed by atoms with Gasteiger partial charge >= 0.3 is 6.03 Å². The minimum absolute atomic E-state index is 0.0214. The van der Waals surface area contributed by atoms with Gasteiger partial charge in [0.05, 0.1) is 0 Å². The smallest absolute Gasteiger partial charge is 0.315 e. The lowest BCUT2D eigenvalue weighted by Crippen LogP contribution is -2.51. The molecule has 98 valence electrons. The van der Waals surface area contributed by atoms with E-state index in [2.05, 4.69) is 16.0 Å². The first kappa shape index (κ1) is 12.7. The largest absolute Gasteiger partial charge is 0.335 e. The summed E-state index contributed by atoms with van der Waals surface area (Å²) < 4.78 is 0.